The van der Waals surface area contributed by atoms with Crippen LogP contribution in [0.25, 0.3) is 0 Å². The van der Waals surface area contributed by atoms with Crippen molar-refractivity contribution in [1.82, 2.24) is 0 Å². The third-order valence-electron chi connectivity index (χ3n) is 3.07. The standard InChI is InChI=1S/C12H21BO2/c1-6-7-8-9-10-13-14-11(2,3)12(4,5)15-13/h6-7,9-10H,8H2,1-5H3/b7-6-,10-9+. The molecule has 1 fully saturated rings. The zero-order valence-electron chi connectivity index (χ0n) is 10.4. The van der Waals surface area contributed by atoms with Crippen molar-refractivity contribution in [2.24, 2.45) is 0 Å². The van der Waals surface area contributed by atoms with Crippen LogP contribution in [0.5, 0.6) is 0 Å². The molecule has 0 bridgehead atoms. The first-order chi connectivity index (χ1) is 6.89. The van der Waals surface area contributed by atoms with Crippen molar-refractivity contribution in [2.75, 3.05) is 0 Å². The van der Waals surface area contributed by atoms with E-state index in [9.17, 15) is 0 Å². The second kappa shape index (κ2) is 4.54. The summed E-state index contributed by atoms with van der Waals surface area (Å²) in [4.78, 5) is 0. The van der Waals surface area contributed by atoms with E-state index in [1.54, 1.807) is 0 Å². The van der Waals surface area contributed by atoms with E-state index in [4.69, 9.17) is 9.31 Å². The summed E-state index contributed by atoms with van der Waals surface area (Å²) >= 11 is 0. The van der Waals surface area contributed by atoms with Gasteiger partial charge in [-0.15, -0.1) is 0 Å². The summed E-state index contributed by atoms with van der Waals surface area (Å²) in [6.07, 6.45) is 7.14. The van der Waals surface area contributed by atoms with Crippen LogP contribution in [0.15, 0.2) is 24.2 Å². The number of hydrogen-bond donors (Lipinski definition) is 0. The van der Waals surface area contributed by atoms with E-state index in [0.29, 0.717) is 0 Å². The average Bonchev–Trinajstić information content (AvgIpc) is 2.30. The second-order valence-electron chi connectivity index (χ2n) is 4.86. The van der Waals surface area contributed by atoms with Crippen LogP contribution in [-0.2, 0) is 9.31 Å². The van der Waals surface area contributed by atoms with Gasteiger partial charge >= 0.3 is 7.12 Å². The van der Waals surface area contributed by atoms with Gasteiger partial charge in [0.25, 0.3) is 0 Å². The van der Waals surface area contributed by atoms with Crippen LogP contribution < -0.4 is 0 Å². The van der Waals surface area contributed by atoms with Crippen molar-refractivity contribution in [3.8, 4) is 0 Å². The fourth-order valence-corrected chi connectivity index (χ4v) is 1.37. The normalized spacial score (nSPS) is 24.5. The first kappa shape index (κ1) is 12.5. The third-order valence-corrected chi connectivity index (χ3v) is 3.07. The molecule has 0 atom stereocenters. The molecule has 0 amide bonds. The maximum atomic E-state index is 5.81. The van der Waals surface area contributed by atoms with Gasteiger partial charge in [0.15, 0.2) is 0 Å². The summed E-state index contributed by atoms with van der Waals surface area (Å²) < 4.78 is 11.6. The van der Waals surface area contributed by atoms with E-state index >= 15 is 0 Å². The van der Waals surface area contributed by atoms with Gasteiger partial charge in [-0.05, 0) is 41.0 Å². The van der Waals surface area contributed by atoms with Crippen molar-refractivity contribution in [1.29, 1.82) is 0 Å². The topological polar surface area (TPSA) is 18.5 Å². The largest absolute Gasteiger partial charge is 0.486 e. The van der Waals surface area contributed by atoms with Gasteiger partial charge in [0, 0.05) is 0 Å². The maximum Gasteiger partial charge on any atom is 0.486 e. The second-order valence-corrected chi connectivity index (χ2v) is 4.86. The molecule has 0 radical (unpaired) electrons. The van der Waals surface area contributed by atoms with E-state index in [2.05, 4.69) is 39.8 Å². The molecule has 0 aromatic heterocycles. The quantitative estimate of drug-likeness (QED) is 0.524. The SMILES string of the molecule is C/C=C\C/C=C/B1OC(C)(C)C(C)(C)O1. The summed E-state index contributed by atoms with van der Waals surface area (Å²) in [6.45, 7) is 10.3. The molecule has 1 rings (SSSR count). The van der Waals surface area contributed by atoms with Gasteiger partial charge < -0.3 is 9.31 Å². The Hall–Kier alpha value is -0.535. The summed E-state index contributed by atoms with van der Waals surface area (Å²) in [7, 11) is -0.208. The highest BCUT2D eigenvalue weighted by molar-refractivity contribution is 6.51. The summed E-state index contributed by atoms with van der Waals surface area (Å²) in [5.74, 6) is 1.98. The first-order valence-corrected chi connectivity index (χ1v) is 5.52. The van der Waals surface area contributed by atoms with E-state index in [-0.39, 0.29) is 18.3 Å². The summed E-state index contributed by atoms with van der Waals surface area (Å²) in [6, 6.07) is 0. The van der Waals surface area contributed by atoms with Crippen LogP contribution >= 0.6 is 0 Å². The molecule has 0 unspecified atom stereocenters. The lowest BCUT2D eigenvalue weighted by atomic mass is 9.90. The number of rotatable bonds is 3. The van der Waals surface area contributed by atoms with Gasteiger partial charge in [0.1, 0.15) is 0 Å². The Morgan fingerprint density at radius 2 is 1.53 bits per heavy atom. The maximum absolute atomic E-state index is 5.81. The first-order valence-electron chi connectivity index (χ1n) is 5.52. The Balaban J connectivity index is 2.52. The minimum Gasteiger partial charge on any atom is -0.400 e. The van der Waals surface area contributed by atoms with Crippen molar-refractivity contribution in [3.63, 3.8) is 0 Å². The lowest BCUT2D eigenvalue weighted by Gasteiger charge is -2.32. The summed E-state index contributed by atoms with van der Waals surface area (Å²) in [5, 5.41) is 0. The zero-order valence-corrected chi connectivity index (χ0v) is 10.4. The fourth-order valence-electron chi connectivity index (χ4n) is 1.37. The molecule has 0 saturated carbocycles. The molecule has 0 N–H and O–H groups in total. The predicted molar refractivity (Wildman–Crippen MR) is 64.7 cm³/mol. The Kier molecular flexibility index (Phi) is 3.79. The lowest BCUT2D eigenvalue weighted by molar-refractivity contribution is 0.00578. The molecular weight excluding hydrogens is 187 g/mol. The molecule has 0 aromatic rings. The molecule has 1 saturated heterocycles. The molecular formula is C12H21BO2. The molecule has 1 aliphatic rings. The van der Waals surface area contributed by atoms with E-state index in [1.165, 1.54) is 0 Å². The van der Waals surface area contributed by atoms with Gasteiger partial charge in [-0.2, -0.15) is 0 Å². The van der Waals surface area contributed by atoms with E-state index < -0.39 is 0 Å². The van der Waals surface area contributed by atoms with Crippen molar-refractivity contribution in [3.05, 3.63) is 24.2 Å². The van der Waals surface area contributed by atoms with Crippen LogP contribution in [0.3, 0.4) is 0 Å². The Bertz CT molecular complexity index is 251. The van der Waals surface area contributed by atoms with Crippen molar-refractivity contribution >= 4 is 7.12 Å². The Morgan fingerprint density at radius 1 is 1.00 bits per heavy atom. The van der Waals surface area contributed by atoms with Crippen LogP contribution in [0.4, 0.5) is 0 Å². The van der Waals surface area contributed by atoms with Gasteiger partial charge in [0.05, 0.1) is 11.2 Å². The highest BCUT2D eigenvalue weighted by atomic mass is 16.7. The minimum absolute atomic E-state index is 0.208. The Morgan fingerprint density at radius 3 is 2.00 bits per heavy atom. The van der Waals surface area contributed by atoms with Gasteiger partial charge in [-0.3, -0.25) is 0 Å². The van der Waals surface area contributed by atoms with Crippen LogP contribution in [0.2, 0.25) is 0 Å². The molecule has 0 spiro atoms. The van der Waals surface area contributed by atoms with E-state index in [1.807, 2.05) is 19.0 Å². The molecule has 84 valence electrons. The molecule has 1 aliphatic heterocycles. The molecule has 15 heavy (non-hydrogen) atoms. The highest BCUT2D eigenvalue weighted by Crippen LogP contribution is 2.36. The van der Waals surface area contributed by atoms with Gasteiger partial charge in [0.2, 0.25) is 0 Å². The average molecular weight is 208 g/mol. The molecule has 0 aliphatic carbocycles. The minimum atomic E-state index is -0.234. The van der Waals surface area contributed by atoms with Gasteiger partial charge in [-0.1, -0.05) is 24.2 Å². The van der Waals surface area contributed by atoms with Crippen LogP contribution in [0, 0.1) is 0 Å². The van der Waals surface area contributed by atoms with Crippen molar-refractivity contribution < 1.29 is 9.31 Å². The van der Waals surface area contributed by atoms with Crippen molar-refractivity contribution in [2.45, 2.75) is 52.2 Å². The molecule has 2 nitrogen and oxygen atoms in total. The fraction of sp³-hybridized carbons (Fsp3) is 0.667. The smallest absolute Gasteiger partial charge is 0.400 e. The molecule has 0 aromatic carbocycles. The highest BCUT2D eigenvalue weighted by Gasteiger charge is 2.49. The van der Waals surface area contributed by atoms with E-state index in [0.717, 1.165) is 6.42 Å². The molecule has 3 heteroatoms. The lowest BCUT2D eigenvalue weighted by Crippen LogP contribution is -2.41. The predicted octanol–water partition coefficient (Wildman–Crippen LogP) is 3.14. The molecule has 1 heterocycles. The van der Waals surface area contributed by atoms with Gasteiger partial charge in [-0.25, -0.2) is 0 Å². The Labute approximate surface area is 93.5 Å². The number of hydrogen-bond acceptors (Lipinski definition) is 2. The third kappa shape index (κ3) is 2.96. The zero-order chi connectivity index (χ0) is 11.5. The number of allylic oxidation sites excluding steroid dienone is 3. The monoisotopic (exact) mass is 208 g/mol. The van der Waals surface area contributed by atoms with Crippen LogP contribution in [0.1, 0.15) is 41.0 Å². The van der Waals surface area contributed by atoms with Crippen LogP contribution in [-0.4, -0.2) is 18.3 Å². The summed E-state index contributed by atoms with van der Waals surface area (Å²) in [5.41, 5.74) is -0.467.